The van der Waals surface area contributed by atoms with E-state index in [1.54, 1.807) is 6.07 Å². The fourth-order valence-electron chi connectivity index (χ4n) is 1.15. The molecule has 3 heteroatoms. The smallest absolute Gasteiger partial charge is 0.142 e. The van der Waals surface area contributed by atoms with Gasteiger partial charge in [-0.1, -0.05) is 23.7 Å². The first-order valence-corrected chi connectivity index (χ1v) is 5.16. The Morgan fingerprint density at radius 3 is 2.69 bits per heavy atom. The largest absolute Gasteiger partial charge is 0.205 e. The van der Waals surface area contributed by atoms with Crippen molar-refractivity contribution in [3.63, 3.8) is 0 Å². The fraction of sp³-hybridized carbons (Fsp3) is 0.400. The average Bonchev–Trinajstić information content (AvgIpc) is 2.13. The molecule has 0 aliphatic carbocycles. The zero-order valence-corrected chi connectivity index (χ0v) is 8.71. The summed E-state index contributed by atoms with van der Waals surface area (Å²) in [5.41, 5.74) is 0.867. The Bertz CT molecular complexity index is 274. The van der Waals surface area contributed by atoms with Gasteiger partial charge in [-0.25, -0.2) is 4.39 Å². The maximum Gasteiger partial charge on any atom is 0.142 e. The first-order valence-electron chi connectivity index (χ1n) is 4.24. The molecule has 1 aromatic rings. The third kappa shape index (κ3) is 3.17. The van der Waals surface area contributed by atoms with Crippen LogP contribution in [0, 0.1) is 5.82 Å². The van der Waals surface area contributed by atoms with Crippen LogP contribution in [0.5, 0.6) is 0 Å². The Hall–Kier alpha value is -0.270. The van der Waals surface area contributed by atoms with Crippen LogP contribution in [0.15, 0.2) is 18.2 Å². The zero-order valence-electron chi connectivity index (χ0n) is 7.19. The molecule has 13 heavy (non-hydrogen) atoms. The topological polar surface area (TPSA) is 0 Å². The van der Waals surface area contributed by atoms with Gasteiger partial charge in [-0.2, -0.15) is 0 Å². The minimum absolute atomic E-state index is 0.247. The predicted molar refractivity (Wildman–Crippen MR) is 55.1 cm³/mol. The van der Waals surface area contributed by atoms with Crippen LogP contribution < -0.4 is 0 Å². The van der Waals surface area contributed by atoms with E-state index in [1.165, 1.54) is 6.07 Å². The van der Waals surface area contributed by atoms with Crippen LogP contribution in [0.2, 0.25) is 5.02 Å². The lowest BCUT2D eigenvalue weighted by Gasteiger charge is -2.03. The second-order valence-corrected chi connectivity index (χ2v) is 3.61. The highest BCUT2D eigenvalue weighted by Gasteiger charge is 2.04. The molecule has 0 atom stereocenters. The molecule has 0 N–H and O–H groups in total. The molecular formula is C10H11Cl2F. The molecule has 0 aromatic heterocycles. The summed E-state index contributed by atoms with van der Waals surface area (Å²) in [4.78, 5) is 0. The van der Waals surface area contributed by atoms with Crippen molar-refractivity contribution in [1.29, 1.82) is 0 Å². The molecule has 0 bridgehead atoms. The van der Waals surface area contributed by atoms with Crippen LogP contribution in [-0.4, -0.2) is 5.88 Å². The molecular weight excluding hydrogens is 210 g/mol. The van der Waals surface area contributed by atoms with Crippen molar-refractivity contribution in [2.75, 3.05) is 5.88 Å². The first kappa shape index (κ1) is 10.8. The van der Waals surface area contributed by atoms with Crippen molar-refractivity contribution >= 4 is 23.2 Å². The summed E-state index contributed by atoms with van der Waals surface area (Å²) < 4.78 is 12.9. The molecule has 0 aliphatic rings. The van der Waals surface area contributed by atoms with Crippen molar-refractivity contribution in [2.45, 2.75) is 19.3 Å². The number of hydrogen-bond acceptors (Lipinski definition) is 0. The average molecular weight is 221 g/mol. The molecule has 1 aromatic carbocycles. The maximum absolute atomic E-state index is 12.9. The molecule has 0 amide bonds. The highest BCUT2D eigenvalue weighted by Crippen LogP contribution is 2.21. The normalized spacial score (nSPS) is 10.4. The molecule has 0 fully saturated rings. The van der Waals surface area contributed by atoms with Gasteiger partial charge in [-0.15, -0.1) is 11.6 Å². The molecule has 1 rings (SSSR count). The predicted octanol–water partition coefficient (Wildman–Crippen LogP) is 4.04. The SMILES string of the molecule is Fc1cccc(CCCCCl)c1Cl. The molecule has 0 radical (unpaired) electrons. The van der Waals surface area contributed by atoms with Gasteiger partial charge in [0.2, 0.25) is 0 Å². The van der Waals surface area contributed by atoms with Crippen LogP contribution in [0.4, 0.5) is 4.39 Å². The van der Waals surface area contributed by atoms with Crippen molar-refractivity contribution in [3.8, 4) is 0 Å². The minimum atomic E-state index is -0.343. The Morgan fingerprint density at radius 2 is 2.00 bits per heavy atom. The molecule has 0 unspecified atom stereocenters. The molecule has 0 saturated heterocycles. The van der Waals surface area contributed by atoms with E-state index < -0.39 is 0 Å². The van der Waals surface area contributed by atoms with Gasteiger partial charge < -0.3 is 0 Å². The summed E-state index contributed by atoms with van der Waals surface area (Å²) >= 11 is 11.3. The number of hydrogen-bond donors (Lipinski definition) is 0. The van der Waals surface area contributed by atoms with Gasteiger partial charge >= 0.3 is 0 Å². The summed E-state index contributed by atoms with van der Waals surface area (Å²) in [7, 11) is 0. The molecule has 0 nitrogen and oxygen atoms in total. The van der Waals surface area contributed by atoms with Crippen LogP contribution in [0.25, 0.3) is 0 Å². The summed E-state index contributed by atoms with van der Waals surface area (Å²) in [6, 6.07) is 4.89. The maximum atomic E-state index is 12.9. The second-order valence-electron chi connectivity index (χ2n) is 2.86. The van der Waals surface area contributed by atoms with Crippen molar-refractivity contribution in [1.82, 2.24) is 0 Å². The lowest BCUT2D eigenvalue weighted by atomic mass is 10.1. The summed E-state index contributed by atoms with van der Waals surface area (Å²) in [5, 5.41) is 0.247. The van der Waals surface area contributed by atoms with Crippen LogP contribution in [-0.2, 0) is 6.42 Å². The Morgan fingerprint density at radius 1 is 1.23 bits per heavy atom. The van der Waals surface area contributed by atoms with Crippen LogP contribution >= 0.6 is 23.2 Å². The standard InChI is InChI=1S/C10H11Cl2F/c11-7-2-1-4-8-5-3-6-9(13)10(8)12/h3,5-6H,1-2,4,7H2. The summed E-state index contributed by atoms with van der Waals surface area (Å²) in [6.07, 6.45) is 2.68. The number of aryl methyl sites for hydroxylation is 1. The van der Waals surface area contributed by atoms with Gasteiger partial charge in [0, 0.05) is 5.88 Å². The molecule has 0 saturated carbocycles. The third-order valence-electron chi connectivity index (χ3n) is 1.86. The summed E-state index contributed by atoms with van der Waals surface area (Å²) in [6.45, 7) is 0. The van der Waals surface area contributed by atoms with Gasteiger partial charge in [0.15, 0.2) is 0 Å². The van der Waals surface area contributed by atoms with E-state index in [4.69, 9.17) is 23.2 Å². The Balaban J connectivity index is 2.61. The lowest BCUT2D eigenvalue weighted by Crippen LogP contribution is -1.90. The number of benzene rings is 1. The first-order chi connectivity index (χ1) is 6.25. The molecule has 0 heterocycles. The lowest BCUT2D eigenvalue weighted by molar-refractivity contribution is 0.624. The number of unbranched alkanes of at least 4 members (excludes halogenated alkanes) is 1. The number of halogens is 3. The van der Waals surface area contributed by atoms with Crippen LogP contribution in [0.3, 0.4) is 0 Å². The van der Waals surface area contributed by atoms with Gasteiger partial charge in [0.05, 0.1) is 5.02 Å². The van der Waals surface area contributed by atoms with Gasteiger partial charge in [0.25, 0.3) is 0 Å². The van der Waals surface area contributed by atoms with Gasteiger partial charge in [0.1, 0.15) is 5.82 Å². The zero-order chi connectivity index (χ0) is 9.68. The van der Waals surface area contributed by atoms with Gasteiger partial charge in [-0.3, -0.25) is 0 Å². The van der Waals surface area contributed by atoms with E-state index in [1.807, 2.05) is 6.07 Å². The third-order valence-corrected chi connectivity index (χ3v) is 2.55. The van der Waals surface area contributed by atoms with Crippen molar-refractivity contribution in [3.05, 3.63) is 34.6 Å². The number of rotatable bonds is 4. The quantitative estimate of drug-likeness (QED) is 0.531. The van der Waals surface area contributed by atoms with E-state index in [-0.39, 0.29) is 10.8 Å². The van der Waals surface area contributed by atoms with E-state index in [0.717, 1.165) is 24.8 Å². The highest BCUT2D eigenvalue weighted by atomic mass is 35.5. The van der Waals surface area contributed by atoms with E-state index in [0.29, 0.717) is 5.88 Å². The van der Waals surface area contributed by atoms with E-state index in [2.05, 4.69) is 0 Å². The van der Waals surface area contributed by atoms with E-state index in [9.17, 15) is 4.39 Å². The fourth-order valence-corrected chi connectivity index (χ4v) is 1.56. The van der Waals surface area contributed by atoms with E-state index >= 15 is 0 Å². The highest BCUT2D eigenvalue weighted by molar-refractivity contribution is 6.31. The van der Waals surface area contributed by atoms with Crippen LogP contribution in [0.1, 0.15) is 18.4 Å². The summed E-state index contributed by atoms with van der Waals surface area (Å²) in [5.74, 6) is 0.303. The van der Waals surface area contributed by atoms with Crippen molar-refractivity contribution in [2.24, 2.45) is 0 Å². The minimum Gasteiger partial charge on any atom is -0.205 e. The Labute approximate surface area is 87.7 Å². The molecule has 0 spiro atoms. The monoisotopic (exact) mass is 220 g/mol. The molecule has 72 valence electrons. The second kappa shape index (κ2) is 5.46. The van der Waals surface area contributed by atoms with Crippen molar-refractivity contribution < 1.29 is 4.39 Å². The Kier molecular flexibility index (Phi) is 4.54. The number of alkyl halides is 1. The van der Waals surface area contributed by atoms with Gasteiger partial charge in [-0.05, 0) is 30.9 Å². The molecule has 0 aliphatic heterocycles.